The van der Waals surface area contributed by atoms with Crippen LogP contribution >= 0.6 is 0 Å². The molecule has 1 aromatic heterocycles. The first-order valence-electron chi connectivity index (χ1n) is 11.5. The number of aromatic nitrogens is 1. The van der Waals surface area contributed by atoms with Crippen LogP contribution in [-0.2, 0) is 0 Å². The van der Waals surface area contributed by atoms with Crippen molar-refractivity contribution in [1.29, 1.82) is 0 Å². The highest BCUT2D eigenvalue weighted by Gasteiger charge is 2.19. The molecule has 4 rings (SSSR count). The van der Waals surface area contributed by atoms with Gasteiger partial charge >= 0.3 is 12.1 Å². The smallest absolute Gasteiger partial charge is 0.323 e. The van der Waals surface area contributed by atoms with Crippen molar-refractivity contribution in [3.63, 3.8) is 0 Å². The van der Waals surface area contributed by atoms with Gasteiger partial charge in [0.15, 0.2) is 0 Å². The lowest BCUT2D eigenvalue weighted by molar-refractivity contribution is 0.217. The Morgan fingerprint density at radius 2 is 1.61 bits per heavy atom. The number of amides is 4. The van der Waals surface area contributed by atoms with Crippen molar-refractivity contribution in [3.05, 3.63) is 78.0 Å². The lowest BCUT2D eigenvalue weighted by Gasteiger charge is -2.27. The van der Waals surface area contributed by atoms with Crippen LogP contribution in [0.3, 0.4) is 0 Å². The van der Waals surface area contributed by atoms with E-state index in [9.17, 15) is 9.59 Å². The molecule has 0 unspecified atom stereocenters. The maximum absolute atomic E-state index is 12.6. The molecule has 9 heteroatoms. The van der Waals surface area contributed by atoms with Crippen molar-refractivity contribution >= 4 is 34.8 Å². The number of pyridine rings is 1. The van der Waals surface area contributed by atoms with Gasteiger partial charge in [-0.05, 0) is 48.2 Å². The van der Waals surface area contributed by atoms with E-state index in [4.69, 9.17) is 9.47 Å². The molecule has 0 radical (unpaired) electrons. The minimum absolute atomic E-state index is 0.161. The first kappa shape index (κ1) is 24.6. The van der Waals surface area contributed by atoms with E-state index in [0.29, 0.717) is 41.8 Å². The molecule has 0 fully saturated rings. The molecular formula is C27H29N5O4. The summed E-state index contributed by atoms with van der Waals surface area (Å²) in [5.41, 5.74) is 4.35. The molecule has 1 aliphatic heterocycles. The van der Waals surface area contributed by atoms with Gasteiger partial charge in [0.05, 0.1) is 14.2 Å². The number of ether oxygens (including phenoxy) is 2. The van der Waals surface area contributed by atoms with E-state index in [1.807, 2.05) is 43.3 Å². The highest BCUT2D eigenvalue weighted by atomic mass is 16.5. The third-order valence-corrected chi connectivity index (χ3v) is 5.85. The lowest BCUT2D eigenvalue weighted by atomic mass is 9.99. The number of hydrogen-bond donors (Lipinski definition) is 3. The predicted molar refractivity (Wildman–Crippen MR) is 141 cm³/mol. The summed E-state index contributed by atoms with van der Waals surface area (Å²) in [5, 5.41) is 8.49. The van der Waals surface area contributed by atoms with E-state index < -0.39 is 0 Å². The Balaban J connectivity index is 1.32. The van der Waals surface area contributed by atoms with Crippen molar-refractivity contribution in [2.75, 3.05) is 43.3 Å². The number of hydrogen-bond acceptors (Lipinski definition) is 5. The monoisotopic (exact) mass is 487 g/mol. The van der Waals surface area contributed by atoms with Gasteiger partial charge in [0.25, 0.3) is 0 Å². The molecule has 9 nitrogen and oxygen atoms in total. The van der Waals surface area contributed by atoms with E-state index in [1.165, 1.54) is 0 Å². The molecular weight excluding hydrogens is 458 g/mol. The van der Waals surface area contributed by atoms with Crippen molar-refractivity contribution in [2.24, 2.45) is 0 Å². The minimum atomic E-state index is -0.375. The summed E-state index contributed by atoms with van der Waals surface area (Å²) in [4.78, 5) is 31.0. The first-order valence-corrected chi connectivity index (χ1v) is 11.5. The Bertz CT molecular complexity index is 1250. The van der Waals surface area contributed by atoms with Gasteiger partial charge in [0.2, 0.25) is 0 Å². The zero-order valence-corrected chi connectivity index (χ0v) is 20.5. The molecule has 0 saturated carbocycles. The molecule has 4 amide bonds. The standard InChI is InChI=1S/C27H29N5O4/c1-18-5-4-12-28-25(18)31-27(34)32-13-10-20(11-14-32)19-6-8-21(9-7-19)29-26(33)30-22-15-23(35-2)17-24(16-22)36-3/h4-10,12,15-17H,11,13-14H2,1-3H3,(H,28,31,34)(H2,29,30,33). The zero-order valence-electron chi connectivity index (χ0n) is 20.5. The van der Waals surface area contributed by atoms with Crippen LogP contribution in [0, 0.1) is 6.92 Å². The third kappa shape index (κ3) is 6.12. The normalized spacial score (nSPS) is 12.9. The Morgan fingerprint density at radius 1 is 0.917 bits per heavy atom. The molecule has 2 heterocycles. The number of methoxy groups -OCH3 is 2. The van der Waals surface area contributed by atoms with E-state index in [-0.39, 0.29) is 12.1 Å². The average molecular weight is 488 g/mol. The number of urea groups is 2. The number of nitrogens with zero attached hydrogens (tertiary/aromatic N) is 2. The number of carbonyl (C=O) groups excluding carboxylic acids is 2. The van der Waals surface area contributed by atoms with Crippen molar-refractivity contribution < 1.29 is 19.1 Å². The van der Waals surface area contributed by atoms with Gasteiger partial charge in [0.1, 0.15) is 17.3 Å². The van der Waals surface area contributed by atoms with Crippen LogP contribution in [0.15, 0.2) is 66.9 Å². The summed E-state index contributed by atoms with van der Waals surface area (Å²) in [6.07, 6.45) is 4.45. The van der Waals surface area contributed by atoms with Crippen LogP contribution < -0.4 is 25.4 Å². The van der Waals surface area contributed by atoms with Gasteiger partial charge in [0, 0.05) is 48.9 Å². The van der Waals surface area contributed by atoms with Crippen molar-refractivity contribution in [3.8, 4) is 11.5 Å². The van der Waals surface area contributed by atoms with E-state index >= 15 is 0 Å². The Kier molecular flexibility index (Phi) is 7.69. The van der Waals surface area contributed by atoms with Crippen LogP contribution in [0.1, 0.15) is 17.5 Å². The maximum atomic E-state index is 12.6. The summed E-state index contributed by atoms with van der Waals surface area (Å²) < 4.78 is 10.5. The highest BCUT2D eigenvalue weighted by Crippen LogP contribution is 2.27. The Labute approximate surface area is 210 Å². The third-order valence-electron chi connectivity index (χ3n) is 5.85. The molecule has 186 valence electrons. The zero-order chi connectivity index (χ0) is 25.5. The number of aryl methyl sites for hydroxylation is 1. The van der Waals surface area contributed by atoms with Gasteiger partial charge in [-0.1, -0.05) is 24.3 Å². The fourth-order valence-electron chi connectivity index (χ4n) is 3.85. The number of anilines is 3. The van der Waals surface area contributed by atoms with Gasteiger partial charge in [-0.2, -0.15) is 0 Å². The molecule has 2 aromatic carbocycles. The quantitative estimate of drug-likeness (QED) is 0.433. The fraction of sp³-hybridized carbons (Fsp3) is 0.222. The fourth-order valence-corrected chi connectivity index (χ4v) is 3.85. The van der Waals surface area contributed by atoms with Crippen molar-refractivity contribution in [1.82, 2.24) is 9.88 Å². The summed E-state index contributed by atoms with van der Waals surface area (Å²) in [7, 11) is 3.11. The molecule has 0 saturated heterocycles. The van der Waals surface area contributed by atoms with Crippen LogP contribution in [0.25, 0.3) is 5.57 Å². The van der Waals surface area contributed by atoms with E-state index in [0.717, 1.165) is 23.1 Å². The molecule has 0 aliphatic carbocycles. The summed E-state index contributed by atoms with van der Waals surface area (Å²) in [6.45, 7) is 3.03. The van der Waals surface area contributed by atoms with Crippen LogP contribution in [-0.4, -0.2) is 49.3 Å². The van der Waals surface area contributed by atoms with E-state index in [2.05, 4.69) is 27.0 Å². The second-order valence-corrected chi connectivity index (χ2v) is 8.28. The second-order valence-electron chi connectivity index (χ2n) is 8.28. The van der Waals surface area contributed by atoms with E-state index in [1.54, 1.807) is 43.5 Å². The lowest BCUT2D eigenvalue weighted by Crippen LogP contribution is -2.38. The van der Waals surface area contributed by atoms with Gasteiger partial charge in [-0.3, -0.25) is 5.32 Å². The molecule has 0 spiro atoms. The number of nitrogens with one attached hydrogen (secondary N) is 3. The minimum Gasteiger partial charge on any atom is -0.497 e. The maximum Gasteiger partial charge on any atom is 0.323 e. The van der Waals surface area contributed by atoms with Crippen LogP contribution in [0.4, 0.5) is 26.8 Å². The Hall–Kier alpha value is -4.53. The molecule has 3 N–H and O–H groups in total. The molecule has 3 aromatic rings. The largest absolute Gasteiger partial charge is 0.497 e. The molecule has 0 bridgehead atoms. The molecule has 1 aliphatic rings. The molecule has 36 heavy (non-hydrogen) atoms. The average Bonchev–Trinajstić information content (AvgIpc) is 2.90. The Morgan fingerprint density at radius 3 is 2.22 bits per heavy atom. The van der Waals surface area contributed by atoms with Crippen molar-refractivity contribution in [2.45, 2.75) is 13.3 Å². The van der Waals surface area contributed by atoms with Gasteiger partial charge in [-0.15, -0.1) is 0 Å². The predicted octanol–water partition coefficient (Wildman–Crippen LogP) is 5.37. The summed E-state index contributed by atoms with van der Waals surface area (Å²) in [6, 6.07) is 16.0. The van der Waals surface area contributed by atoms with Gasteiger partial charge in [-0.25, -0.2) is 14.6 Å². The van der Waals surface area contributed by atoms with Crippen LogP contribution in [0.2, 0.25) is 0 Å². The van der Waals surface area contributed by atoms with Crippen LogP contribution in [0.5, 0.6) is 11.5 Å². The number of carbonyl (C=O) groups is 2. The topological polar surface area (TPSA) is 105 Å². The summed E-state index contributed by atoms with van der Waals surface area (Å²) in [5.74, 6) is 1.74. The van der Waals surface area contributed by atoms with Gasteiger partial charge < -0.3 is 25.0 Å². The second kappa shape index (κ2) is 11.3. The highest BCUT2D eigenvalue weighted by molar-refractivity contribution is 6.00. The number of benzene rings is 2. The number of rotatable bonds is 6. The summed E-state index contributed by atoms with van der Waals surface area (Å²) >= 11 is 0. The molecule has 0 atom stereocenters. The SMILES string of the molecule is COc1cc(NC(=O)Nc2ccc(C3=CCN(C(=O)Nc4ncccc4C)CC3)cc2)cc(OC)c1. The first-order chi connectivity index (χ1) is 17.4.